The van der Waals surface area contributed by atoms with Gasteiger partial charge in [-0.05, 0) is 67.3 Å². The number of likely N-dealkylation sites (tertiary alicyclic amines) is 1. The first-order valence-corrected chi connectivity index (χ1v) is 11.4. The Labute approximate surface area is 189 Å². The third-order valence-electron chi connectivity index (χ3n) is 6.13. The predicted molar refractivity (Wildman–Crippen MR) is 128 cm³/mol. The highest BCUT2D eigenvalue weighted by Crippen LogP contribution is 2.24. The Morgan fingerprint density at radius 2 is 1.88 bits per heavy atom. The maximum Gasteiger partial charge on any atom is 0.267 e. The average Bonchev–Trinajstić information content (AvgIpc) is 3.47. The Morgan fingerprint density at radius 1 is 1.06 bits per heavy atom. The number of hydrogen-bond acceptors (Lipinski definition) is 4. The molecular weight excluding hydrogens is 400 g/mol. The van der Waals surface area contributed by atoms with Gasteiger partial charge in [-0.2, -0.15) is 0 Å². The second kappa shape index (κ2) is 11.1. The number of nitrogens with zero attached hydrogens (tertiary/aromatic N) is 2. The monoisotopic (exact) mass is 432 g/mol. The van der Waals surface area contributed by atoms with E-state index in [2.05, 4.69) is 57.4 Å². The lowest BCUT2D eigenvalue weighted by Gasteiger charge is -2.14. The van der Waals surface area contributed by atoms with Crippen molar-refractivity contribution in [2.24, 2.45) is 0 Å². The number of carbonyl (C=O) groups excluding carboxylic acids is 1. The van der Waals surface area contributed by atoms with Crippen LogP contribution in [0.3, 0.4) is 0 Å². The lowest BCUT2D eigenvalue weighted by atomic mass is 10.1. The first kappa shape index (κ1) is 22.3. The normalized spacial score (nSPS) is 14.5. The van der Waals surface area contributed by atoms with Crippen LogP contribution in [0.1, 0.15) is 29.5 Å². The maximum atomic E-state index is 11.4. The predicted octanol–water partition coefficient (Wildman–Crippen LogP) is 3.59. The molecule has 6 nitrogen and oxygen atoms in total. The molecule has 0 saturated carbocycles. The molecule has 0 radical (unpaired) electrons. The van der Waals surface area contributed by atoms with E-state index in [-0.39, 0.29) is 0 Å². The molecule has 1 fully saturated rings. The molecule has 2 heterocycles. The molecule has 0 bridgehead atoms. The summed E-state index contributed by atoms with van der Waals surface area (Å²) in [7, 11) is 0. The largest absolute Gasteiger partial charge is 0.347 e. The topological polar surface area (TPSA) is 69.5 Å². The minimum Gasteiger partial charge on any atom is -0.347 e. The lowest BCUT2D eigenvalue weighted by molar-refractivity contribution is -0.124. The molecule has 1 aliphatic heterocycles. The standard InChI is InChI=1S/C26H32N4O2/c31-26(28-32)11-9-22-8-10-25-24(18-22)23(19-27-13-17-29-14-4-5-15-29)20-30(25)16-12-21-6-2-1-3-7-21/h1-3,6-11,18,20,27,32H,4-5,12-17,19H2,(H,28,31)/b11-9+. The second-order valence-corrected chi connectivity index (χ2v) is 8.39. The quantitative estimate of drug-likeness (QED) is 0.198. The zero-order chi connectivity index (χ0) is 22.2. The Morgan fingerprint density at radius 3 is 2.66 bits per heavy atom. The molecule has 32 heavy (non-hydrogen) atoms. The van der Waals surface area contributed by atoms with Crippen LogP contribution in [-0.2, 0) is 24.3 Å². The van der Waals surface area contributed by atoms with Gasteiger partial charge in [-0.1, -0.05) is 36.4 Å². The van der Waals surface area contributed by atoms with Crippen molar-refractivity contribution >= 4 is 22.9 Å². The van der Waals surface area contributed by atoms with E-state index in [4.69, 9.17) is 5.21 Å². The van der Waals surface area contributed by atoms with E-state index in [1.807, 2.05) is 12.1 Å². The van der Waals surface area contributed by atoms with E-state index in [1.54, 1.807) is 11.6 Å². The molecule has 6 heteroatoms. The number of rotatable bonds is 10. The van der Waals surface area contributed by atoms with Gasteiger partial charge in [0.2, 0.25) is 0 Å². The van der Waals surface area contributed by atoms with Crippen LogP contribution in [0.5, 0.6) is 0 Å². The van der Waals surface area contributed by atoms with E-state index in [0.29, 0.717) is 0 Å². The first-order valence-electron chi connectivity index (χ1n) is 11.4. The molecule has 4 rings (SSSR count). The molecular formula is C26H32N4O2. The van der Waals surface area contributed by atoms with Crippen LogP contribution in [0.2, 0.25) is 0 Å². The number of fused-ring (bicyclic) bond motifs is 1. The van der Waals surface area contributed by atoms with Crippen molar-refractivity contribution in [3.05, 3.63) is 77.5 Å². The summed E-state index contributed by atoms with van der Waals surface area (Å²) in [6.45, 7) is 6.24. The van der Waals surface area contributed by atoms with Crippen molar-refractivity contribution < 1.29 is 10.0 Å². The van der Waals surface area contributed by atoms with Crippen molar-refractivity contribution in [3.8, 4) is 0 Å². The molecule has 3 aromatic rings. The summed E-state index contributed by atoms with van der Waals surface area (Å²) in [5.74, 6) is -0.533. The van der Waals surface area contributed by atoms with E-state index < -0.39 is 5.91 Å². The van der Waals surface area contributed by atoms with Gasteiger partial charge < -0.3 is 14.8 Å². The summed E-state index contributed by atoms with van der Waals surface area (Å²) in [5, 5.41) is 13.5. The number of carbonyl (C=O) groups is 1. The summed E-state index contributed by atoms with van der Waals surface area (Å²) in [6, 6.07) is 16.8. The van der Waals surface area contributed by atoms with E-state index in [0.717, 1.165) is 38.2 Å². The second-order valence-electron chi connectivity index (χ2n) is 8.39. The molecule has 1 aliphatic rings. The van der Waals surface area contributed by atoms with Crippen LogP contribution >= 0.6 is 0 Å². The van der Waals surface area contributed by atoms with Gasteiger partial charge in [-0.25, -0.2) is 5.48 Å². The molecule has 1 amide bonds. The minimum atomic E-state index is -0.533. The summed E-state index contributed by atoms with van der Waals surface area (Å²) in [4.78, 5) is 13.9. The Hall–Kier alpha value is -2.93. The van der Waals surface area contributed by atoms with Gasteiger partial charge in [0, 0.05) is 49.4 Å². The van der Waals surface area contributed by atoms with Crippen LogP contribution < -0.4 is 10.8 Å². The molecule has 0 aliphatic carbocycles. The minimum absolute atomic E-state index is 0.533. The summed E-state index contributed by atoms with van der Waals surface area (Å²) >= 11 is 0. The molecule has 3 N–H and O–H groups in total. The fourth-order valence-corrected chi connectivity index (χ4v) is 4.39. The number of nitrogens with one attached hydrogen (secondary N) is 2. The van der Waals surface area contributed by atoms with Crippen molar-refractivity contribution in [2.75, 3.05) is 26.2 Å². The smallest absolute Gasteiger partial charge is 0.267 e. The highest BCUT2D eigenvalue weighted by Gasteiger charge is 2.12. The maximum absolute atomic E-state index is 11.4. The highest BCUT2D eigenvalue weighted by molar-refractivity contribution is 5.92. The van der Waals surface area contributed by atoms with Gasteiger partial charge in [-0.15, -0.1) is 0 Å². The first-order chi connectivity index (χ1) is 15.7. The van der Waals surface area contributed by atoms with Gasteiger partial charge >= 0.3 is 0 Å². The van der Waals surface area contributed by atoms with Crippen molar-refractivity contribution in [3.63, 3.8) is 0 Å². The molecule has 0 unspecified atom stereocenters. The zero-order valence-corrected chi connectivity index (χ0v) is 18.5. The zero-order valence-electron chi connectivity index (χ0n) is 18.5. The van der Waals surface area contributed by atoms with E-state index in [9.17, 15) is 4.79 Å². The number of amides is 1. The van der Waals surface area contributed by atoms with Gasteiger partial charge in [0.25, 0.3) is 5.91 Å². The Kier molecular flexibility index (Phi) is 7.72. The summed E-state index contributed by atoms with van der Waals surface area (Å²) in [6.07, 6.45) is 8.92. The number of hydrogen-bond donors (Lipinski definition) is 3. The van der Waals surface area contributed by atoms with Gasteiger partial charge in [0.05, 0.1) is 0 Å². The average molecular weight is 433 g/mol. The van der Waals surface area contributed by atoms with Gasteiger partial charge in [0.1, 0.15) is 0 Å². The third-order valence-corrected chi connectivity index (χ3v) is 6.13. The molecule has 168 valence electrons. The number of aromatic nitrogens is 1. The number of benzene rings is 2. The number of hydroxylamine groups is 1. The number of aryl methyl sites for hydroxylation is 2. The molecule has 0 spiro atoms. The summed E-state index contributed by atoms with van der Waals surface area (Å²) in [5.41, 5.74) is 6.35. The van der Waals surface area contributed by atoms with E-state index >= 15 is 0 Å². The van der Waals surface area contributed by atoms with Crippen LogP contribution in [0.4, 0.5) is 0 Å². The van der Waals surface area contributed by atoms with E-state index in [1.165, 1.54) is 54.0 Å². The van der Waals surface area contributed by atoms with Gasteiger partial charge in [-0.3, -0.25) is 10.0 Å². The van der Waals surface area contributed by atoms with Crippen LogP contribution in [0.15, 0.2) is 60.8 Å². The fraction of sp³-hybridized carbons (Fsp3) is 0.346. The van der Waals surface area contributed by atoms with Crippen molar-refractivity contribution in [1.82, 2.24) is 20.3 Å². The van der Waals surface area contributed by atoms with Crippen molar-refractivity contribution in [2.45, 2.75) is 32.4 Å². The highest BCUT2D eigenvalue weighted by atomic mass is 16.5. The Bertz CT molecular complexity index is 1050. The van der Waals surface area contributed by atoms with Crippen LogP contribution in [-0.4, -0.2) is 46.8 Å². The van der Waals surface area contributed by atoms with Crippen LogP contribution in [0.25, 0.3) is 17.0 Å². The van der Waals surface area contributed by atoms with Crippen LogP contribution in [0, 0.1) is 0 Å². The Balaban J connectivity index is 1.50. The van der Waals surface area contributed by atoms with Gasteiger partial charge in [0.15, 0.2) is 0 Å². The lowest BCUT2D eigenvalue weighted by Crippen LogP contribution is -2.29. The summed E-state index contributed by atoms with van der Waals surface area (Å²) < 4.78 is 2.33. The molecule has 0 atom stereocenters. The fourth-order valence-electron chi connectivity index (χ4n) is 4.39. The third kappa shape index (κ3) is 5.85. The van der Waals surface area contributed by atoms with Crippen molar-refractivity contribution in [1.29, 1.82) is 0 Å². The molecule has 1 aromatic heterocycles. The molecule has 1 saturated heterocycles. The SMILES string of the molecule is O=C(/C=C/c1ccc2c(c1)c(CNCCN1CCCC1)cn2CCc1ccccc1)NO. The molecule has 2 aromatic carbocycles.